The summed E-state index contributed by atoms with van der Waals surface area (Å²) in [7, 11) is 0. The minimum atomic E-state index is -1.67. The van der Waals surface area contributed by atoms with Crippen LogP contribution in [0.5, 0.6) is 5.75 Å². The van der Waals surface area contributed by atoms with Crippen molar-refractivity contribution < 1.29 is 18.6 Å². The Kier molecular flexibility index (Phi) is 7.97. The first-order chi connectivity index (χ1) is 22.6. The molecule has 0 spiro atoms. The van der Waals surface area contributed by atoms with E-state index in [2.05, 4.69) is 46.2 Å². The minimum absolute atomic E-state index is 0.178. The van der Waals surface area contributed by atoms with Crippen molar-refractivity contribution in [3.05, 3.63) is 125 Å². The van der Waals surface area contributed by atoms with Crippen molar-refractivity contribution in [2.24, 2.45) is 0 Å². The molecular weight excluding hydrogens is 578 g/mol. The molecule has 3 unspecified atom stereocenters. The summed E-state index contributed by atoms with van der Waals surface area (Å²) in [6, 6.07) is 32.1. The van der Waals surface area contributed by atoms with Crippen LogP contribution >= 0.6 is 0 Å². The Hall–Kier alpha value is -3.84. The number of nitrogens with zero attached hydrogens (tertiary/aromatic N) is 2. The average Bonchev–Trinajstić information content (AvgIpc) is 3.96. The molecule has 2 fully saturated rings. The minimum Gasteiger partial charge on any atom is -0.490 e. The molecule has 3 aliphatic rings. The van der Waals surface area contributed by atoms with Crippen LogP contribution in [-0.2, 0) is 0 Å². The average molecular weight is 619 g/mol. The number of hydrogen-bond acceptors (Lipinski definition) is 4. The normalized spacial score (nSPS) is 22.7. The van der Waals surface area contributed by atoms with E-state index < -0.39 is 18.4 Å². The molecule has 236 valence electrons. The predicted octanol–water partition coefficient (Wildman–Crippen LogP) is 8.44. The third-order valence-corrected chi connectivity index (χ3v) is 10.3. The summed E-state index contributed by atoms with van der Waals surface area (Å²) in [5.74, 6) is 1.13. The quantitative estimate of drug-likeness (QED) is 0.177. The second kappa shape index (κ2) is 12.4. The van der Waals surface area contributed by atoms with E-state index in [1.807, 2.05) is 54.6 Å². The maximum Gasteiger partial charge on any atom is 0.161 e. The summed E-state index contributed by atoms with van der Waals surface area (Å²) in [4.78, 5) is 4.78. The lowest BCUT2D eigenvalue weighted by Gasteiger charge is -2.40. The van der Waals surface area contributed by atoms with Crippen LogP contribution in [0.15, 0.2) is 97.1 Å². The number of aliphatic hydroxyl groups excluding tert-OH is 1. The van der Waals surface area contributed by atoms with Gasteiger partial charge in [-0.15, -0.1) is 0 Å². The van der Waals surface area contributed by atoms with E-state index in [-0.39, 0.29) is 12.6 Å². The van der Waals surface area contributed by atoms with E-state index in [1.54, 1.807) is 6.07 Å². The van der Waals surface area contributed by atoms with Gasteiger partial charge in [0.25, 0.3) is 0 Å². The maximum absolute atomic E-state index is 16.0. The number of alkyl halides is 2. The molecule has 4 atom stereocenters. The van der Waals surface area contributed by atoms with Crippen LogP contribution in [0.3, 0.4) is 0 Å². The maximum atomic E-state index is 16.0. The van der Waals surface area contributed by atoms with Crippen molar-refractivity contribution >= 4 is 21.5 Å². The molecular formula is C40H40F2N2O2. The largest absolute Gasteiger partial charge is 0.490 e. The van der Waals surface area contributed by atoms with Crippen molar-refractivity contribution in [3.8, 4) is 5.75 Å². The highest BCUT2D eigenvalue weighted by Gasteiger charge is 2.42. The zero-order valence-electron chi connectivity index (χ0n) is 26.0. The number of halogens is 2. The molecule has 0 amide bonds. The topological polar surface area (TPSA) is 35.9 Å². The predicted molar refractivity (Wildman–Crippen MR) is 180 cm³/mol. The molecule has 0 bridgehead atoms. The van der Waals surface area contributed by atoms with Gasteiger partial charge in [0.15, 0.2) is 12.3 Å². The molecule has 6 heteroatoms. The molecule has 1 heterocycles. The number of piperazine rings is 1. The zero-order chi connectivity index (χ0) is 31.2. The van der Waals surface area contributed by atoms with E-state index in [9.17, 15) is 5.11 Å². The van der Waals surface area contributed by atoms with E-state index in [4.69, 9.17) is 4.74 Å². The Morgan fingerprint density at radius 2 is 1.37 bits per heavy atom. The number of benzene rings is 5. The Balaban J connectivity index is 0.929. The summed E-state index contributed by atoms with van der Waals surface area (Å²) in [5, 5.41) is 15.5. The zero-order valence-corrected chi connectivity index (χ0v) is 26.0. The first-order valence-electron chi connectivity index (χ1n) is 16.7. The second-order valence-electron chi connectivity index (χ2n) is 13.2. The monoisotopic (exact) mass is 618 g/mol. The van der Waals surface area contributed by atoms with Crippen LogP contribution < -0.4 is 4.74 Å². The highest BCUT2D eigenvalue weighted by atomic mass is 19.2. The summed E-state index contributed by atoms with van der Waals surface area (Å²) >= 11 is 0. The van der Waals surface area contributed by atoms with Gasteiger partial charge in [0.05, 0.1) is 12.1 Å². The van der Waals surface area contributed by atoms with Crippen molar-refractivity contribution in [1.82, 2.24) is 9.80 Å². The van der Waals surface area contributed by atoms with Crippen molar-refractivity contribution in [2.75, 3.05) is 39.3 Å². The third kappa shape index (κ3) is 5.46. The van der Waals surface area contributed by atoms with Gasteiger partial charge in [-0.25, -0.2) is 8.78 Å². The highest BCUT2D eigenvalue weighted by Crippen LogP contribution is 2.53. The van der Waals surface area contributed by atoms with E-state index >= 15 is 8.78 Å². The summed E-state index contributed by atoms with van der Waals surface area (Å²) in [6.07, 6.45) is -1.20. The molecule has 1 saturated carbocycles. The second-order valence-corrected chi connectivity index (χ2v) is 13.2. The molecule has 5 aromatic rings. The SMILES string of the molecule is O[C@H](CCN1CCN(C2c3ccccc3C(F)C(F)c3c(C4CC4)cccc32)CC1)COc1cccc2c1ccc1ccccc12. The fourth-order valence-electron chi connectivity index (χ4n) is 7.77. The molecule has 8 rings (SSSR count). The first-order valence-corrected chi connectivity index (χ1v) is 16.7. The van der Waals surface area contributed by atoms with Crippen molar-refractivity contribution in [2.45, 2.75) is 49.7 Å². The van der Waals surface area contributed by atoms with E-state index in [1.165, 1.54) is 10.8 Å². The Labute approximate surface area is 269 Å². The Morgan fingerprint density at radius 3 is 2.20 bits per heavy atom. The first kappa shape index (κ1) is 29.6. The molecule has 1 N–H and O–H groups in total. The molecule has 0 radical (unpaired) electrons. The molecule has 2 aliphatic carbocycles. The molecule has 5 aromatic carbocycles. The standard InChI is InChI=1S/C40H40F2N2O2/c41-38-33-9-3-4-10-34(33)40(35-13-5-11-30(27-15-16-27)37(35)39(38)42)44-23-21-43(22-24-44)20-19-28(45)25-46-36-14-6-12-31-29-8-2-1-7-26(29)17-18-32(31)36/h1-14,17-18,27-28,38-40,45H,15-16,19-25H2/t28-,38?,39?,40?/m1/s1. The van der Waals surface area contributed by atoms with Gasteiger partial charge in [0.2, 0.25) is 0 Å². The van der Waals surface area contributed by atoms with Gasteiger partial charge in [-0.05, 0) is 75.2 Å². The molecule has 1 aliphatic heterocycles. The summed E-state index contributed by atoms with van der Waals surface area (Å²) < 4.78 is 38.0. The molecule has 0 aromatic heterocycles. The fourth-order valence-corrected chi connectivity index (χ4v) is 7.77. The lowest BCUT2D eigenvalue weighted by atomic mass is 9.89. The fraction of sp³-hybridized carbons (Fsp3) is 0.350. The van der Waals surface area contributed by atoms with Crippen LogP contribution in [-0.4, -0.2) is 60.3 Å². The van der Waals surface area contributed by atoms with Crippen LogP contribution in [0.4, 0.5) is 8.78 Å². The van der Waals surface area contributed by atoms with Crippen LogP contribution in [0.2, 0.25) is 0 Å². The Morgan fingerprint density at radius 1 is 0.674 bits per heavy atom. The van der Waals surface area contributed by atoms with E-state index in [0.717, 1.165) is 78.8 Å². The van der Waals surface area contributed by atoms with Gasteiger partial charge in [0.1, 0.15) is 12.4 Å². The molecule has 4 nitrogen and oxygen atoms in total. The van der Waals surface area contributed by atoms with Gasteiger partial charge < -0.3 is 14.7 Å². The number of hydrogen-bond donors (Lipinski definition) is 1. The van der Waals surface area contributed by atoms with Crippen LogP contribution in [0, 0.1) is 0 Å². The van der Waals surface area contributed by atoms with Crippen molar-refractivity contribution in [1.29, 1.82) is 0 Å². The van der Waals surface area contributed by atoms with Crippen molar-refractivity contribution in [3.63, 3.8) is 0 Å². The summed E-state index contributed by atoms with van der Waals surface area (Å²) in [6.45, 7) is 4.24. The number of ether oxygens (including phenoxy) is 1. The van der Waals surface area contributed by atoms with Crippen LogP contribution in [0.1, 0.15) is 71.4 Å². The lowest BCUT2D eigenvalue weighted by Crippen LogP contribution is -2.48. The number of aliphatic hydroxyl groups is 1. The molecule has 1 saturated heterocycles. The van der Waals surface area contributed by atoms with Gasteiger partial charge in [-0.1, -0.05) is 91.0 Å². The van der Waals surface area contributed by atoms with Gasteiger partial charge >= 0.3 is 0 Å². The summed E-state index contributed by atoms with van der Waals surface area (Å²) in [5.41, 5.74) is 3.86. The number of fused-ring (bicyclic) bond motifs is 5. The third-order valence-electron chi connectivity index (χ3n) is 10.3. The highest BCUT2D eigenvalue weighted by molar-refractivity contribution is 6.09. The number of rotatable bonds is 8. The van der Waals surface area contributed by atoms with E-state index in [0.29, 0.717) is 23.5 Å². The van der Waals surface area contributed by atoms with Gasteiger partial charge in [-0.3, -0.25) is 4.90 Å². The molecule has 46 heavy (non-hydrogen) atoms. The van der Waals surface area contributed by atoms with Gasteiger partial charge in [-0.2, -0.15) is 0 Å². The van der Waals surface area contributed by atoms with Gasteiger partial charge in [0, 0.05) is 38.1 Å². The lowest BCUT2D eigenvalue weighted by molar-refractivity contribution is 0.0680. The Bertz CT molecular complexity index is 1870. The smallest absolute Gasteiger partial charge is 0.161 e. The van der Waals surface area contributed by atoms with Crippen LogP contribution in [0.25, 0.3) is 21.5 Å².